The number of nitro benzene ring substituents is 2. The molecule has 2 amide bonds. The van der Waals surface area contributed by atoms with Crippen LogP contribution in [0.4, 0.5) is 45.5 Å². The summed E-state index contributed by atoms with van der Waals surface area (Å²) in [6.07, 6.45) is -0.760. The van der Waals surface area contributed by atoms with Crippen molar-refractivity contribution in [2.75, 3.05) is 24.9 Å². The largest absolute Gasteiger partial charge is 2.00 e. The smallest absolute Gasteiger partial charge is 0.744 e. The fraction of sp³-hybridized carbons (Fsp3) is 0.176. The van der Waals surface area contributed by atoms with E-state index in [2.05, 4.69) is 31.1 Å². The molecule has 0 aliphatic carbocycles. The van der Waals surface area contributed by atoms with Crippen molar-refractivity contribution in [1.29, 1.82) is 0 Å². The van der Waals surface area contributed by atoms with Gasteiger partial charge in [-0.05, 0) is 50.2 Å². The molecule has 0 spiro atoms. The van der Waals surface area contributed by atoms with Gasteiger partial charge in [0.15, 0.2) is 0 Å². The Labute approximate surface area is 385 Å². The quantitative estimate of drug-likeness (QED) is 0.0359. The maximum atomic E-state index is 11.9. The van der Waals surface area contributed by atoms with Crippen LogP contribution >= 0.6 is 0 Å². The van der Waals surface area contributed by atoms with E-state index in [1.165, 1.54) is 64.5 Å². The first-order valence-corrected chi connectivity index (χ1v) is 19.1. The number of Topliss-reactive ketones (excluding diaryl/α,β-unsaturated/α-hetero) is 2. The van der Waals surface area contributed by atoms with Crippen LogP contribution in [0.25, 0.3) is 0 Å². The van der Waals surface area contributed by atoms with Crippen molar-refractivity contribution in [2.24, 2.45) is 20.5 Å². The summed E-state index contributed by atoms with van der Waals surface area (Å²) in [7, 11) is -7.39. The standard InChI is InChI=1S/2C17H16N4O8S.Ba/c2*1-10(22)7-17(23)18-15-9-12(29-2)4-6-13(15)19-20-14-5-3-11(21(24)25)8-16(14)30(26,27)28;/h2*3-6,8-9H,7H2,1-2H3,(H,18,23)(H,26,27,28);/q;;+2/p-2. The zero-order valence-electron chi connectivity index (χ0n) is 32.1. The molecule has 24 nitrogen and oxygen atoms in total. The molecule has 4 rings (SSSR count). The van der Waals surface area contributed by atoms with Crippen LogP contribution in [0.3, 0.4) is 0 Å². The van der Waals surface area contributed by atoms with Gasteiger partial charge >= 0.3 is 48.9 Å². The summed E-state index contributed by atoms with van der Waals surface area (Å²) in [5.74, 6) is -1.27. The summed E-state index contributed by atoms with van der Waals surface area (Å²) in [6.45, 7) is 2.48. The minimum Gasteiger partial charge on any atom is -0.744 e. The molecule has 2 N–H and O–H groups in total. The maximum absolute atomic E-state index is 11.9. The third-order valence-electron chi connectivity index (χ3n) is 7.15. The molecule has 0 radical (unpaired) electrons. The number of azo groups is 2. The third-order valence-corrected chi connectivity index (χ3v) is 8.88. The van der Waals surface area contributed by atoms with Crippen LogP contribution in [0.15, 0.2) is 103 Å². The number of nitrogens with zero attached hydrogens (tertiary/aromatic N) is 6. The fourth-order valence-corrected chi connectivity index (χ4v) is 5.77. The molecule has 0 heterocycles. The molecule has 0 bridgehead atoms. The zero-order chi connectivity index (χ0) is 44.9. The van der Waals surface area contributed by atoms with Crippen molar-refractivity contribution in [1.82, 2.24) is 0 Å². The average molecular weight is 1010 g/mol. The molecule has 0 aliphatic rings. The number of rotatable bonds is 16. The molecule has 0 saturated heterocycles. The third kappa shape index (κ3) is 15.9. The molecule has 4 aromatic rings. The molecular formula is C34H30BaN8O16S2. The predicted molar refractivity (Wildman–Crippen MR) is 210 cm³/mol. The Morgan fingerprint density at radius 2 is 0.885 bits per heavy atom. The van der Waals surface area contributed by atoms with E-state index in [0.29, 0.717) is 23.6 Å². The van der Waals surface area contributed by atoms with Gasteiger partial charge in [-0.3, -0.25) is 39.4 Å². The summed E-state index contributed by atoms with van der Waals surface area (Å²) in [6, 6.07) is 13.6. The Bertz CT molecular complexity index is 2480. The van der Waals surface area contributed by atoms with Gasteiger partial charge in [0.2, 0.25) is 11.8 Å². The van der Waals surface area contributed by atoms with E-state index in [9.17, 15) is 65.3 Å². The van der Waals surface area contributed by atoms with Gasteiger partial charge in [-0.15, -0.1) is 20.5 Å². The fourth-order valence-electron chi connectivity index (χ4n) is 4.51. The summed E-state index contributed by atoms with van der Waals surface area (Å²) in [4.78, 5) is 64.1. The number of carbonyl (C=O) groups excluding carboxylic acids is 4. The number of nitro groups is 2. The molecule has 0 fully saturated rings. The number of hydrogen-bond donors (Lipinski definition) is 2. The Morgan fingerprint density at radius 3 is 1.16 bits per heavy atom. The van der Waals surface area contributed by atoms with E-state index in [1.54, 1.807) is 0 Å². The number of ketones is 2. The Balaban J connectivity index is 0.000000413. The van der Waals surface area contributed by atoms with E-state index >= 15 is 0 Å². The van der Waals surface area contributed by atoms with Crippen LogP contribution in [0.1, 0.15) is 26.7 Å². The number of non-ortho nitro benzene ring substituents is 2. The summed E-state index contributed by atoms with van der Waals surface area (Å²) in [5, 5.41) is 41.6. The van der Waals surface area contributed by atoms with E-state index in [4.69, 9.17) is 9.47 Å². The summed E-state index contributed by atoms with van der Waals surface area (Å²) in [5.41, 5.74) is -1.73. The second kappa shape index (κ2) is 22.7. The second-order valence-corrected chi connectivity index (χ2v) is 14.4. The van der Waals surface area contributed by atoms with E-state index in [-0.39, 0.29) is 96.0 Å². The van der Waals surface area contributed by atoms with Gasteiger partial charge in [0, 0.05) is 36.4 Å². The van der Waals surface area contributed by atoms with Gasteiger partial charge in [0.05, 0.1) is 58.1 Å². The minimum absolute atomic E-state index is 0. The monoisotopic (exact) mass is 1010 g/mol. The van der Waals surface area contributed by atoms with Crippen molar-refractivity contribution in [3.05, 3.63) is 93.0 Å². The molecular weight excluding hydrogens is 978 g/mol. The molecule has 4 aromatic carbocycles. The number of amides is 2. The zero-order valence-corrected chi connectivity index (χ0v) is 38.2. The number of methoxy groups -OCH3 is 2. The Kier molecular flexibility index (Phi) is 19.1. The van der Waals surface area contributed by atoms with E-state index in [1.807, 2.05) is 0 Å². The SMILES string of the molecule is COc1ccc(N=Nc2ccc([N+](=O)[O-])cc2S(=O)(=O)[O-])c(NC(=O)CC(C)=O)c1.COc1ccc(N=Nc2ccc([N+](=O)[O-])cc2S(=O)(=O)[O-])c(NC(=O)CC(C)=O)c1.[Ba+2]. The van der Waals surface area contributed by atoms with Crippen molar-refractivity contribution < 1.29 is 64.4 Å². The maximum Gasteiger partial charge on any atom is 2.00 e. The molecule has 0 aromatic heterocycles. The molecule has 0 aliphatic heterocycles. The van der Waals surface area contributed by atoms with Crippen LogP contribution in [0, 0.1) is 20.2 Å². The predicted octanol–water partition coefficient (Wildman–Crippen LogP) is 5.30. The van der Waals surface area contributed by atoms with Crippen LogP contribution in [0.2, 0.25) is 0 Å². The first-order valence-electron chi connectivity index (χ1n) is 16.3. The van der Waals surface area contributed by atoms with Gasteiger partial charge in [-0.2, -0.15) is 0 Å². The van der Waals surface area contributed by atoms with Gasteiger partial charge in [0.25, 0.3) is 11.4 Å². The number of carbonyl (C=O) groups is 4. The summed E-state index contributed by atoms with van der Waals surface area (Å²) < 4.78 is 78.8. The molecule has 0 unspecified atom stereocenters. The van der Waals surface area contributed by atoms with Gasteiger partial charge < -0.3 is 29.2 Å². The topological polar surface area (TPSA) is 361 Å². The van der Waals surface area contributed by atoms with Gasteiger partial charge in [-0.25, -0.2) is 16.8 Å². The van der Waals surface area contributed by atoms with E-state index in [0.717, 1.165) is 24.3 Å². The number of nitrogens with one attached hydrogen (secondary N) is 2. The van der Waals surface area contributed by atoms with Crippen molar-refractivity contribution >= 4 is 138 Å². The number of anilines is 2. The Hall–Kier alpha value is -5.85. The minimum atomic E-state index is -5.08. The first kappa shape index (κ1) is 51.3. The van der Waals surface area contributed by atoms with Crippen LogP contribution in [-0.2, 0) is 39.4 Å². The number of benzene rings is 4. The molecule has 0 atom stereocenters. The van der Waals surface area contributed by atoms with Crippen LogP contribution < -0.4 is 20.1 Å². The van der Waals surface area contributed by atoms with Crippen LogP contribution in [-0.4, -0.2) is 122 Å². The molecule has 61 heavy (non-hydrogen) atoms. The van der Waals surface area contributed by atoms with Crippen LogP contribution in [0.5, 0.6) is 11.5 Å². The van der Waals surface area contributed by atoms with Gasteiger partial charge in [0.1, 0.15) is 66.1 Å². The summed E-state index contributed by atoms with van der Waals surface area (Å²) >= 11 is 0. The number of ether oxygens (including phenoxy) is 2. The molecule has 316 valence electrons. The second-order valence-electron chi connectivity index (χ2n) is 11.7. The van der Waals surface area contributed by atoms with Crippen molar-refractivity contribution in [3.63, 3.8) is 0 Å². The molecule has 0 saturated carbocycles. The van der Waals surface area contributed by atoms with Crippen molar-refractivity contribution in [2.45, 2.75) is 36.5 Å². The number of hydrogen-bond acceptors (Lipinski definition) is 20. The van der Waals surface area contributed by atoms with Crippen molar-refractivity contribution in [3.8, 4) is 11.5 Å². The van der Waals surface area contributed by atoms with E-state index < -0.39 is 74.4 Å². The molecule has 27 heteroatoms. The first-order chi connectivity index (χ1) is 28.0. The normalized spacial score (nSPS) is 11.1. The Morgan fingerprint density at radius 1 is 0.574 bits per heavy atom. The average Bonchev–Trinajstić information content (AvgIpc) is 3.15. The van der Waals surface area contributed by atoms with Gasteiger partial charge in [-0.1, -0.05) is 0 Å².